The van der Waals surface area contributed by atoms with Gasteiger partial charge in [-0.25, -0.2) is 4.79 Å². The van der Waals surface area contributed by atoms with Crippen LogP contribution in [0.1, 0.15) is 6.92 Å². The number of hydrogen-bond acceptors (Lipinski definition) is 4. The first-order chi connectivity index (χ1) is 8.99. The number of carbonyl (C=O) groups is 1. The van der Waals surface area contributed by atoms with Gasteiger partial charge >= 0.3 is 5.97 Å². The van der Waals surface area contributed by atoms with E-state index in [4.69, 9.17) is 26.2 Å². The minimum Gasteiger partial charge on any atom is -0.495 e. The van der Waals surface area contributed by atoms with Gasteiger partial charge in [-0.3, -0.25) is 0 Å². The minimum absolute atomic E-state index is 0.270. The maximum atomic E-state index is 10.6. The van der Waals surface area contributed by atoms with Crippen molar-refractivity contribution in [2.24, 2.45) is 0 Å². The summed E-state index contributed by atoms with van der Waals surface area (Å²) in [7, 11) is 3.05. The number of carboxylic acid groups (broad SMARTS) is 1. The summed E-state index contributed by atoms with van der Waals surface area (Å²) in [6.45, 7) is 1.89. The Morgan fingerprint density at radius 1 is 1.37 bits per heavy atom. The second-order valence-electron chi connectivity index (χ2n) is 3.76. The molecule has 0 amide bonds. The topological polar surface area (TPSA) is 67.8 Å². The normalized spacial score (nSPS) is 11.1. The summed E-state index contributed by atoms with van der Waals surface area (Å²) in [6.07, 6.45) is 1.57. The fourth-order valence-corrected chi connectivity index (χ4v) is 1.64. The van der Waals surface area contributed by atoms with Gasteiger partial charge in [-0.15, -0.1) is 0 Å². The molecule has 6 heteroatoms. The van der Waals surface area contributed by atoms with Gasteiger partial charge in [-0.05, 0) is 13.0 Å². The maximum absolute atomic E-state index is 10.6. The highest BCUT2D eigenvalue weighted by atomic mass is 35.5. The van der Waals surface area contributed by atoms with Crippen LogP contribution in [-0.4, -0.2) is 31.8 Å². The van der Waals surface area contributed by atoms with Crippen molar-refractivity contribution < 1.29 is 19.4 Å². The third-order valence-corrected chi connectivity index (χ3v) is 2.81. The van der Waals surface area contributed by atoms with E-state index < -0.39 is 5.97 Å². The molecule has 0 heterocycles. The third-order valence-electron chi connectivity index (χ3n) is 2.51. The van der Waals surface area contributed by atoms with Crippen LogP contribution in [0.3, 0.4) is 0 Å². The van der Waals surface area contributed by atoms with Crippen LogP contribution in [0.5, 0.6) is 11.5 Å². The Balaban J connectivity index is 2.86. The number of hydrogen-bond donors (Lipinski definition) is 2. The molecule has 104 valence electrons. The van der Waals surface area contributed by atoms with E-state index in [9.17, 15) is 4.79 Å². The van der Waals surface area contributed by atoms with Crippen molar-refractivity contribution in [2.75, 3.05) is 26.1 Å². The van der Waals surface area contributed by atoms with Crippen molar-refractivity contribution >= 4 is 23.3 Å². The van der Waals surface area contributed by atoms with Gasteiger partial charge in [-0.2, -0.15) is 0 Å². The molecule has 0 aliphatic heterocycles. The van der Waals surface area contributed by atoms with Gasteiger partial charge in [0, 0.05) is 18.2 Å². The summed E-state index contributed by atoms with van der Waals surface area (Å²) >= 11 is 6.02. The van der Waals surface area contributed by atoms with Gasteiger partial charge in [0.15, 0.2) is 0 Å². The van der Waals surface area contributed by atoms with E-state index in [1.165, 1.54) is 21.1 Å². The number of anilines is 1. The van der Waals surface area contributed by atoms with Gasteiger partial charge in [0.05, 0.1) is 24.9 Å². The average Bonchev–Trinajstić information content (AvgIpc) is 2.38. The first kappa shape index (κ1) is 15.2. The molecule has 0 aliphatic rings. The smallest absolute Gasteiger partial charge is 0.331 e. The van der Waals surface area contributed by atoms with Crippen molar-refractivity contribution in [3.63, 3.8) is 0 Å². The zero-order valence-corrected chi connectivity index (χ0v) is 11.7. The van der Waals surface area contributed by atoms with Crippen LogP contribution in [0.4, 0.5) is 5.69 Å². The molecule has 0 aliphatic carbocycles. The van der Waals surface area contributed by atoms with Crippen molar-refractivity contribution in [2.45, 2.75) is 6.92 Å². The molecule has 0 bridgehead atoms. The molecule has 1 rings (SSSR count). The Kier molecular flexibility index (Phi) is 5.51. The minimum atomic E-state index is -0.943. The molecule has 0 atom stereocenters. The molecule has 0 saturated carbocycles. The fourth-order valence-electron chi connectivity index (χ4n) is 1.40. The lowest BCUT2D eigenvalue weighted by atomic mass is 10.2. The summed E-state index contributed by atoms with van der Waals surface area (Å²) < 4.78 is 10.3. The number of rotatable bonds is 6. The number of nitrogens with one attached hydrogen (secondary N) is 1. The lowest BCUT2D eigenvalue weighted by Crippen LogP contribution is -2.04. The Bertz CT molecular complexity index is 500. The van der Waals surface area contributed by atoms with Crippen LogP contribution in [-0.2, 0) is 4.79 Å². The molecule has 5 nitrogen and oxygen atoms in total. The van der Waals surface area contributed by atoms with E-state index in [0.29, 0.717) is 28.8 Å². The number of methoxy groups -OCH3 is 2. The van der Waals surface area contributed by atoms with Crippen LogP contribution >= 0.6 is 11.6 Å². The third kappa shape index (κ3) is 4.06. The molecule has 0 aromatic heterocycles. The van der Waals surface area contributed by atoms with Crippen LogP contribution in [0, 0.1) is 0 Å². The number of carboxylic acids is 1. The molecular weight excluding hydrogens is 270 g/mol. The molecule has 1 aromatic carbocycles. The highest BCUT2D eigenvalue weighted by Gasteiger charge is 2.09. The predicted octanol–water partition coefficient (Wildman–Crippen LogP) is 2.80. The van der Waals surface area contributed by atoms with Gasteiger partial charge in [0.2, 0.25) is 0 Å². The fraction of sp³-hybridized carbons (Fsp3) is 0.308. The van der Waals surface area contributed by atoms with Crippen molar-refractivity contribution in [3.8, 4) is 11.5 Å². The second-order valence-corrected chi connectivity index (χ2v) is 4.17. The molecule has 0 saturated heterocycles. The molecule has 1 aromatic rings. The summed E-state index contributed by atoms with van der Waals surface area (Å²) in [5.74, 6) is 0.144. The lowest BCUT2D eigenvalue weighted by molar-refractivity contribution is -0.132. The van der Waals surface area contributed by atoms with Crippen molar-refractivity contribution in [1.82, 2.24) is 0 Å². The van der Waals surface area contributed by atoms with Gasteiger partial charge in [-0.1, -0.05) is 17.7 Å². The Morgan fingerprint density at radius 3 is 2.53 bits per heavy atom. The first-order valence-corrected chi connectivity index (χ1v) is 5.92. The van der Waals surface area contributed by atoms with E-state index in [1.807, 2.05) is 0 Å². The van der Waals surface area contributed by atoms with Crippen LogP contribution < -0.4 is 14.8 Å². The van der Waals surface area contributed by atoms with Gasteiger partial charge in [0.1, 0.15) is 11.5 Å². The summed E-state index contributed by atoms with van der Waals surface area (Å²) in [5, 5.41) is 12.2. The standard InChI is InChI=1S/C13H16ClNO4/c1-8(13(16)17)4-5-15-10-6-9(14)11(18-2)7-12(10)19-3/h4,6-7,15H,5H2,1-3H3,(H,16,17)/b8-4-. The number of halogens is 1. The van der Waals surface area contributed by atoms with E-state index >= 15 is 0 Å². The number of ether oxygens (including phenoxy) is 2. The van der Waals surface area contributed by atoms with Crippen LogP contribution in [0.25, 0.3) is 0 Å². The number of aliphatic carboxylic acids is 1. The molecule has 0 unspecified atom stereocenters. The van der Waals surface area contributed by atoms with Gasteiger partial charge < -0.3 is 19.9 Å². The molecule has 19 heavy (non-hydrogen) atoms. The Morgan fingerprint density at radius 2 is 2.00 bits per heavy atom. The van der Waals surface area contributed by atoms with Crippen molar-refractivity contribution in [3.05, 3.63) is 28.8 Å². The second kappa shape index (κ2) is 6.89. The Labute approximate surface area is 116 Å². The molecule has 0 radical (unpaired) electrons. The molecule has 2 N–H and O–H groups in total. The quantitative estimate of drug-likeness (QED) is 0.787. The van der Waals surface area contributed by atoms with Gasteiger partial charge in [0.25, 0.3) is 0 Å². The van der Waals surface area contributed by atoms with E-state index in [0.717, 1.165) is 0 Å². The highest BCUT2D eigenvalue weighted by molar-refractivity contribution is 6.32. The molecule has 0 fully saturated rings. The predicted molar refractivity (Wildman–Crippen MR) is 74.4 cm³/mol. The lowest BCUT2D eigenvalue weighted by Gasteiger charge is -2.13. The SMILES string of the molecule is COc1cc(OC)c(NC/C=C(/C)C(=O)O)cc1Cl. The molecular formula is C13H16ClNO4. The van der Waals surface area contributed by atoms with Crippen LogP contribution in [0.15, 0.2) is 23.8 Å². The Hall–Kier alpha value is -1.88. The first-order valence-electron chi connectivity index (χ1n) is 5.55. The average molecular weight is 286 g/mol. The van der Waals surface area contributed by atoms with E-state index in [-0.39, 0.29) is 5.57 Å². The van der Waals surface area contributed by atoms with E-state index in [2.05, 4.69) is 5.32 Å². The zero-order chi connectivity index (χ0) is 14.4. The largest absolute Gasteiger partial charge is 0.495 e. The summed E-state index contributed by atoms with van der Waals surface area (Å²) in [6, 6.07) is 3.33. The number of benzene rings is 1. The highest BCUT2D eigenvalue weighted by Crippen LogP contribution is 2.35. The van der Waals surface area contributed by atoms with Crippen molar-refractivity contribution in [1.29, 1.82) is 0 Å². The summed E-state index contributed by atoms with van der Waals surface area (Å²) in [4.78, 5) is 10.6. The monoisotopic (exact) mass is 285 g/mol. The zero-order valence-electron chi connectivity index (χ0n) is 11.0. The van der Waals surface area contributed by atoms with Crippen LogP contribution in [0.2, 0.25) is 5.02 Å². The van der Waals surface area contributed by atoms with E-state index in [1.54, 1.807) is 18.2 Å². The maximum Gasteiger partial charge on any atom is 0.331 e. The molecule has 0 spiro atoms. The summed E-state index contributed by atoms with van der Waals surface area (Å²) in [5.41, 5.74) is 0.939.